The molecule has 0 fully saturated rings. The van der Waals surface area contributed by atoms with Crippen LogP contribution in [0, 0.1) is 10.1 Å². The predicted molar refractivity (Wildman–Crippen MR) is 61.4 cm³/mol. The van der Waals surface area contributed by atoms with Crippen LogP contribution in [0.5, 0.6) is 0 Å². The predicted octanol–water partition coefficient (Wildman–Crippen LogP) is 2.07. The van der Waals surface area contributed by atoms with E-state index in [1.165, 1.54) is 18.5 Å². The van der Waals surface area contributed by atoms with Gasteiger partial charge in [-0.25, -0.2) is 8.42 Å². The Hall–Kier alpha value is -1.73. The molecule has 0 radical (unpaired) electrons. The van der Waals surface area contributed by atoms with Crippen molar-refractivity contribution in [2.45, 2.75) is 4.90 Å². The molecule has 0 saturated carbocycles. The summed E-state index contributed by atoms with van der Waals surface area (Å²) in [6, 6.07) is 3.58. The van der Waals surface area contributed by atoms with Gasteiger partial charge < -0.3 is 0 Å². The van der Waals surface area contributed by atoms with Crippen LogP contribution in [-0.4, -0.2) is 18.3 Å². The lowest BCUT2D eigenvalue weighted by Gasteiger charge is -2.03. The molecule has 0 N–H and O–H groups in total. The highest BCUT2D eigenvalue weighted by Gasteiger charge is 2.20. The summed E-state index contributed by atoms with van der Waals surface area (Å²) < 4.78 is 22.6. The zero-order valence-electron chi connectivity index (χ0n) is 8.20. The number of rotatable bonds is 2. The maximum absolute atomic E-state index is 11.3. The normalized spacial score (nSPS) is 11.6. The van der Waals surface area contributed by atoms with Crippen molar-refractivity contribution >= 4 is 36.2 Å². The third-order valence-corrected chi connectivity index (χ3v) is 3.59. The van der Waals surface area contributed by atoms with Crippen molar-refractivity contribution in [2.24, 2.45) is 0 Å². The summed E-state index contributed by atoms with van der Waals surface area (Å²) >= 11 is 0. The second kappa shape index (κ2) is 3.94. The lowest BCUT2D eigenvalue weighted by Crippen LogP contribution is -1.96. The molecule has 0 saturated heterocycles. The van der Waals surface area contributed by atoms with E-state index in [0.717, 1.165) is 12.1 Å². The van der Waals surface area contributed by atoms with E-state index >= 15 is 0 Å². The van der Waals surface area contributed by atoms with E-state index in [1.807, 2.05) is 0 Å². The zero-order valence-corrected chi connectivity index (χ0v) is 9.77. The van der Waals surface area contributed by atoms with Crippen molar-refractivity contribution in [2.75, 3.05) is 0 Å². The summed E-state index contributed by atoms with van der Waals surface area (Å²) in [5, 5.41) is 11.1. The van der Waals surface area contributed by atoms with Crippen LogP contribution >= 0.6 is 10.7 Å². The number of pyridine rings is 1. The van der Waals surface area contributed by atoms with Crippen LogP contribution in [0.3, 0.4) is 0 Å². The van der Waals surface area contributed by atoms with E-state index in [1.54, 1.807) is 0 Å². The minimum Gasteiger partial charge on any atom is -0.264 e. The van der Waals surface area contributed by atoms with E-state index < -0.39 is 14.0 Å². The Kier molecular flexibility index (Phi) is 2.72. The SMILES string of the molecule is O=[N+]([O-])c1ccc(S(=O)(=O)Cl)c2ccncc12. The molecule has 0 bridgehead atoms. The average molecular weight is 273 g/mol. The number of nitro benzene ring substituents is 1. The Morgan fingerprint density at radius 3 is 2.53 bits per heavy atom. The second-order valence-corrected chi connectivity index (χ2v) is 5.73. The van der Waals surface area contributed by atoms with Crippen LogP contribution in [0.4, 0.5) is 5.69 Å². The van der Waals surface area contributed by atoms with Crippen LogP contribution in [0.15, 0.2) is 35.5 Å². The summed E-state index contributed by atoms with van der Waals surface area (Å²) in [6.45, 7) is 0. The van der Waals surface area contributed by atoms with Crippen LogP contribution in [0.25, 0.3) is 10.8 Å². The molecule has 0 aliphatic carbocycles. The number of aromatic nitrogens is 1. The molecule has 1 aromatic heterocycles. The number of benzene rings is 1. The Bertz CT molecular complexity index is 714. The summed E-state index contributed by atoms with van der Waals surface area (Å²) in [4.78, 5) is 13.7. The van der Waals surface area contributed by atoms with E-state index in [9.17, 15) is 18.5 Å². The molecule has 6 nitrogen and oxygen atoms in total. The third kappa shape index (κ3) is 2.06. The maximum atomic E-state index is 11.3. The van der Waals surface area contributed by atoms with E-state index in [4.69, 9.17) is 10.7 Å². The summed E-state index contributed by atoms with van der Waals surface area (Å²) in [6.07, 6.45) is 2.58. The first-order valence-electron chi connectivity index (χ1n) is 4.37. The first-order chi connectivity index (χ1) is 7.91. The topological polar surface area (TPSA) is 90.2 Å². The molecule has 0 unspecified atom stereocenters. The van der Waals surface area contributed by atoms with Crippen molar-refractivity contribution < 1.29 is 13.3 Å². The van der Waals surface area contributed by atoms with Crippen LogP contribution < -0.4 is 0 Å². The molecule has 8 heteroatoms. The van der Waals surface area contributed by atoms with Crippen molar-refractivity contribution in [3.05, 3.63) is 40.7 Å². The molecule has 1 heterocycles. The van der Waals surface area contributed by atoms with Crippen molar-refractivity contribution in [1.82, 2.24) is 4.98 Å². The fraction of sp³-hybridized carbons (Fsp3) is 0. The van der Waals surface area contributed by atoms with Gasteiger partial charge in [-0.3, -0.25) is 15.1 Å². The van der Waals surface area contributed by atoms with Gasteiger partial charge in [-0.15, -0.1) is 0 Å². The molecule has 17 heavy (non-hydrogen) atoms. The molecule has 0 aliphatic rings. The average Bonchev–Trinajstić information content (AvgIpc) is 2.26. The molecule has 0 aliphatic heterocycles. The fourth-order valence-corrected chi connectivity index (χ4v) is 2.59. The molecule has 2 rings (SSSR count). The van der Waals surface area contributed by atoms with Gasteiger partial charge in [-0.05, 0) is 12.1 Å². The van der Waals surface area contributed by atoms with Crippen LogP contribution in [-0.2, 0) is 9.05 Å². The molecule has 0 atom stereocenters. The molecule has 0 amide bonds. The molecular weight excluding hydrogens is 268 g/mol. The monoisotopic (exact) mass is 272 g/mol. The number of hydrogen-bond acceptors (Lipinski definition) is 5. The van der Waals surface area contributed by atoms with Gasteiger partial charge in [-0.2, -0.15) is 0 Å². The highest BCUT2D eigenvalue weighted by Crippen LogP contribution is 2.31. The Morgan fingerprint density at radius 2 is 1.94 bits per heavy atom. The number of nitrogens with zero attached hydrogens (tertiary/aromatic N) is 2. The molecular formula is C9H5ClN2O4S. The number of nitro groups is 1. The maximum Gasteiger partial charge on any atom is 0.278 e. The first kappa shape index (κ1) is 11.7. The lowest BCUT2D eigenvalue weighted by molar-refractivity contribution is -0.383. The minimum atomic E-state index is -3.95. The second-order valence-electron chi connectivity index (χ2n) is 3.20. The van der Waals surface area contributed by atoms with Gasteiger partial charge in [0.05, 0.1) is 15.2 Å². The summed E-state index contributed by atoms with van der Waals surface area (Å²) in [5.41, 5.74) is -0.211. The highest BCUT2D eigenvalue weighted by atomic mass is 35.7. The van der Waals surface area contributed by atoms with E-state index in [2.05, 4.69) is 4.98 Å². The molecule has 1 aromatic carbocycles. The Morgan fingerprint density at radius 1 is 1.24 bits per heavy atom. The highest BCUT2D eigenvalue weighted by molar-refractivity contribution is 8.14. The first-order valence-corrected chi connectivity index (χ1v) is 6.68. The van der Waals surface area contributed by atoms with Gasteiger partial charge in [0.15, 0.2) is 0 Å². The Labute approximate surface area is 100 Å². The minimum absolute atomic E-state index is 0.138. The van der Waals surface area contributed by atoms with Crippen LogP contribution in [0.2, 0.25) is 0 Å². The number of non-ortho nitro benzene ring substituents is 1. The van der Waals surface area contributed by atoms with Crippen molar-refractivity contribution in [3.8, 4) is 0 Å². The summed E-state index contributed by atoms with van der Waals surface area (Å²) in [5.74, 6) is 0. The van der Waals surface area contributed by atoms with Crippen molar-refractivity contribution in [3.63, 3.8) is 0 Å². The standard InChI is InChI=1S/C9H5ClN2O4S/c10-17(15,16)9-2-1-8(12(13)14)7-5-11-4-3-6(7)9/h1-5H. The van der Waals surface area contributed by atoms with Gasteiger partial charge in [0.1, 0.15) is 0 Å². The quantitative estimate of drug-likeness (QED) is 0.474. The van der Waals surface area contributed by atoms with E-state index in [-0.39, 0.29) is 21.4 Å². The van der Waals surface area contributed by atoms with Crippen molar-refractivity contribution in [1.29, 1.82) is 0 Å². The molecule has 0 spiro atoms. The number of halogens is 1. The third-order valence-electron chi connectivity index (χ3n) is 2.21. The Balaban J connectivity index is 2.95. The summed E-state index contributed by atoms with van der Waals surface area (Å²) in [7, 11) is 1.30. The molecule has 2 aromatic rings. The van der Waals surface area contributed by atoms with Gasteiger partial charge in [0.2, 0.25) is 0 Å². The van der Waals surface area contributed by atoms with Crippen LogP contribution in [0.1, 0.15) is 0 Å². The lowest BCUT2D eigenvalue weighted by atomic mass is 10.1. The number of hydrogen-bond donors (Lipinski definition) is 0. The smallest absolute Gasteiger partial charge is 0.264 e. The largest absolute Gasteiger partial charge is 0.278 e. The van der Waals surface area contributed by atoms with E-state index in [0.29, 0.717) is 0 Å². The van der Waals surface area contributed by atoms with Gasteiger partial charge in [0.25, 0.3) is 14.7 Å². The zero-order chi connectivity index (χ0) is 12.6. The van der Waals surface area contributed by atoms with Gasteiger partial charge >= 0.3 is 0 Å². The molecule has 88 valence electrons. The fourth-order valence-electron chi connectivity index (χ4n) is 1.52. The number of fused-ring (bicyclic) bond motifs is 1. The van der Waals surface area contributed by atoms with Gasteiger partial charge in [-0.1, -0.05) is 0 Å². The van der Waals surface area contributed by atoms with Gasteiger partial charge in [0, 0.05) is 34.5 Å².